The van der Waals surface area contributed by atoms with Gasteiger partial charge in [-0.05, 0) is 46.6 Å². The molecule has 0 spiro atoms. The van der Waals surface area contributed by atoms with Gasteiger partial charge >= 0.3 is 18.1 Å². The first-order valence-electron chi connectivity index (χ1n) is 7.84. The van der Waals surface area contributed by atoms with Crippen molar-refractivity contribution in [2.45, 2.75) is 59.7 Å². The number of aromatic nitrogens is 1. The van der Waals surface area contributed by atoms with E-state index in [4.69, 9.17) is 9.47 Å². The molecule has 1 aromatic rings. The van der Waals surface area contributed by atoms with E-state index in [0.29, 0.717) is 0 Å². The Bertz CT molecular complexity index is 676. The molecule has 0 atom stereocenters. The van der Waals surface area contributed by atoms with E-state index < -0.39 is 35.0 Å². The molecule has 0 unspecified atom stereocenters. The lowest BCUT2D eigenvalue weighted by Gasteiger charge is -2.23. The van der Waals surface area contributed by atoms with Gasteiger partial charge in [0.05, 0.1) is 23.4 Å². The molecule has 5 nitrogen and oxygen atoms in total. The van der Waals surface area contributed by atoms with Gasteiger partial charge in [-0.15, -0.1) is 0 Å². The highest BCUT2D eigenvalue weighted by atomic mass is 19.4. The van der Waals surface area contributed by atoms with Gasteiger partial charge in [-0.25, -0.2) is 14.6 Å². The number of halogens is 3. The van der Waals surface area contributed by atoms with Gasteiger partial charge in [-0.1, -0.05) is 6.92 Å². The summed E-state index contributed by atoms with van der Waals surface area (Å²) in [6, 6.07) is 0. The highest BCUT2D eigenvalue weighted by Gasteiger charge is 2.41. The normalized spacial score (nSPS) is 12.0. The number of esters is 2. The highest BCUT2D eigenvalue weighted by Crippen LogP contribution is 2.35. The molecule has 0 N–H and O–H groups in total. The Hall–Kier alpha value is -2.12. The van der Waals surface area contributed by atoms with Crippen molar-refractivity contribution in [3.8, 4) is 0 Å². The lowest BCUT2D eigenvalue weighted by atomic mass is 9.95. The Morgan fingerprint density at radius 2 is 1.60 bits per heavy atom. The maximum absolute atomic E-state index is 13.4. The van der Waals surface area contributed by atoms with Crippen LogP contribution in [-0.4, -0.2) is 29.1 Å². The number of aryl methyl sites for hydroxylation is 1. The van der Waals surface area contributed by atoms with Crippen LogP contribution in [0, 0.1) is 6.92 Å². The molecule has 1 rings (SSSR count). The molecule has 0 amide bonds. The number of ether oxygens (including phenoxy) is 2. The first kappa shape index (κ1) is 20.9. The first-order chi connectivity index (χ1) is 11.3. The quantitative estimate of drug-likeness (QED) is 0.756. The minimum absolute atomic E-state index is 0.00909. The van der Waals surface area contributed by atoms with Gasteiger partial charge in [0.2, 0.25) is 0 Å². The molecule has 0 saturated carbocycles. The summed E-state index contributed by atoms with van der Waals surface area (Å²) in [5.41, 5.74) is -3.29. The predicted molar refractivity (Wildman–Crippen MR) is 84.5 cm³/mol. The molecule has 1 aromatic heterocycles. The summed E-state index contributed by atoms with van der Waals surface area (Å²) < 4.78 is 50.1. The zero-order chi connectivity index (χ0) is 19.6. The van der Waals surface area contributed by atoms with Gasteiger partial charge in [0.25, 0.3) is 0 Å². The van der Waals surface area contributed by atoms with Gasteiger partial charge in [0.1, 0.15) is 5.60 Å². The van der Waals surface area contributed by atoms with E-state index in [-0.39, 0.29) is 29.8 Å². The van der Waals surface area contributed by atoms with Gasteiger partial charge in [0, 0.05) is 0 Å². The molecule has 140 valence electrons. The number of rotatable bonds is 4. The maximum Gasteiger partial charge on any atom is 0.434 e. The second-order valence-corrected chi connectivity index (χ2v) is 6.35. The minimum Gasteiger partial charge on any atom is -0.462 e. The second-order valence-electron chi connectivity index (χ2n) is 6.35. The number of hydrogen-bond acceptors (Lipinski definition) is 5. The monoisotopic (exact) mass is 361 g/mol. The van der Waals surface area contributed by atoms with E-state index in [1.54, 1.807) is 27.7 Å². The zero-order valence-electron chi connectivity index (χ0n) is 15.1. The third kappa shape index (κ3) is 4.93. The van der Waals surface area contributed by atoms with E-state index in [1.807, 2.05) is 0 Å². The Morgan fingerprint density at radius 1 is 1.04 bits per heavy atom. The van der Waals surface area contributed by atoms with Gasteiger partial charge in [-0.2, -0.15) is 13.2 Å². The Kier molecular flexibility index (Phi) is 6.20. The average Bonchev–Trinajstić information content (AvgIpc) is 2.42. The molecule has 25 heavy (non-hydrogen) atoms. The van der Waals surface area contributed by atoms with Crippen LogP contribution >= 0.6 is 0 Å². The number of nitrogens with zero attached hydrogens (tertiary/aromatic N) is 1. The Balaban J connectivity index is 3.74. The molecule has 0 fully saturated rings. The minimum atomic E-state index is -4.86. The van der Waals surface area contributed by atoms with Crippen LogP contribution in [-0.2, 0) is 22.1 Å². The third-order valence-electron chi connectivity index (χ3n) is 3.19. The van der Waals surface area contributed by atoms with Crippen LogP contribution < -0.4 is 0 Å². The molecule has 0 aromatic carbocycles. The fraction of sp³-hybridized carbons (Fsp3) is 0.588. The number of carbonyl (C=O) groups excluding carboxylic acids is 2. The summed E-state index contributed by atoms with van der Waals surface area (Å²) in [6.07, 6.45) is -4.85. The van der Waals surface area contributed by atoms with E-state index in [1.165, 1.54) is 13.8 Å². The first-order valence-corrected chi connectivity index (χ1v) is 7.84. The molecule has 1 heterocycles. The third-order valence-corrected chi connectivity index (χ3v) is 3.19. The number of alkyl halides is 3. The fourth-order valence-electron chi connectivity index (χ4n) is 2.35. The molecular formula is C17H22F3NO4. The van der Waals surface area contributed by atoms with Crippen LogP contribution in [0.25, 0.3) is 0 Å². The van der Waals surface area contributed by atoms with Crippen LogP contribution in [0.2, 0.25) is 0 Å². The molecule has 0 aliphatic heterocycles. The topological polar surface area (TPSA) is 65.5 Å². The number of hydrogen-bond donors (Lipinski definition) is 0. The number of carbonyl (C=O) groups is 2. The van der Waals surface area contributed by atoms with Crippen molar-refractivity contribution in [1.82, 2.24) is 4.98 Å². The van der Waals surface area contributed by atoms with Crippen molar-refractivity contribution in [3.05, 3.63) is 28.1 Å². The van der Waals surface area contributed by atoms with Gasteiger partial charge in [0.15, 0.2) is 5.69 Å². The Labute approximate surface area is 144 Å². The van der Waals surface area contributed by atoms with Gasteiger partial charge < -0.3 is 9.47 Å². The average molecular weight is 361 g/mol. The van der Waals surface area contributed by atoms with Crippen LogP contribution in [0.4, 0.5) is 13.2 Å². The SMILES string of the molecule is CCOC(=O)c1c(C(F)(F)F)nc(C)c(C(=O)OC(C)(C)C)c1CC. The Morgan fingerprint density at radius 3 is 2.00 bits per heavy atom. The fourth-order valence-corrected chi connectivity index (χ4v) is 2.35. The zero-order valence-corrected chi connectivity index (χ0v) is 15.1. The molecule has 0 radical (unpaired) electrons. The number of pyridine rings is 1. The molecule has 0 aliphatic rings. The summed E-state index contributed by atoms with van der Waals surface area (Å²) in [4.78, 5) is 28.1. The predicted octanol–water partition coefficient (Wildman–Crippen LogP) is 4.10. The van der Waals surface area contributed by atoms with Crippen molar-refractivity contribution in [1.29, 1.82) is 0 Å². The largest absolute Gasteiger partial charge is 0.462 e. The lowest BCUT2D eigenvalue weighted by Crippen LogP contribution is -2.28. The van der Waals surface area contributed by atoms with Crippen LogP contribution in [0.5, 0.6) is 0 Å². The highest BCUT2D eigenvalue weighted by molar-refractivity contribution is 5.99. The molecule has 0 saturated heterocycles. The molecule has 0 aliphatic carbocycles. The lowest BCUT2D eigenvalue weighted by molar-refractivity contribution is -0.141. The van der Waals surface area contributed by atoms with Crippen molar-refractivity contribution < 1.29 is 32.2 Å². The smallest absolute Gasteiger partial charge is 0.434 e. The molecule has 0 bridgehead atoms. The summed E-state index contributed by atoms with van der Waals surface area (Å²) >= 11 is 0. The van der Waals surface area contributed by atoms with Crippen LogP contribution in [0.15, 0.2) is 0 Å². The van der Waals surface area contributed by atoms with E-state index in [0.717, 1.165) is 0 Å². The van der Waals surface area contributed by atoms with Crippen molar-refractivity contribution in [2.24, 2.45) is 0 Å². The van der Waals surface area contributed by atoms with E-state index in [2.05, 4.69) is 4.98 Å². The van der Waals surface area contributed by atoms with Crippen molar-refractivity contribution >= 4 is 11.9 Å². The summed E-state index contributed by atoms with van der Waals surface area (Å²) in [5.74, 6) is -1.99. The molecule has 8 heteroatoms. The van der Waals surface area contributed by atoms with Crippen LogP contribution in [0.3, 0.4) is 0 Å². The van der Waals surface area contributed by atoms with Gasteiger partial charge in [-0.3, -0.25) is 0 Å². The van der Waals surface area contributed by atoms with Crippen molar-refractivity contribution in [3.63, 3.8) is 0 Å². The summed E-state index contributed by atoms with van der Waals surface area (Å²) in [6.45, 7) is 9.11. The van der Waals surface area contributed by atoms with E-state index >= 15 is 0 Å². The second kappa shape index (κ2) is 7.41. The van der Waals surface area contributed by atoms with E-state index in [9.17, 15) is 22.8 Å². The maximum atomic E-state index is 13.4. The molecular weight excluding hydrogens is 339 g/mol. The van der Waals surface area contributed by atoms with Crippen LogP contribution in [0.1, 0.15) is 72.3 Å². The summed E-state index contributed by atoms with van der Waals surface area (Å²) in [7, 11) is 0. The van der Waals surface area contributed by atoms with Crippen molar-refractivity contribution in [2.75, 3.05) is 6.61 Å². The summed E-state index contributed by atoms with van der Waals surface area (Å²) in [5, 5.41) is 0. The standard InChI is InChI=1S/C17H22F3NO4/c1-7-10-11(15(23)25-16(4,5)6)9(3)21-13(17(18,19)20)12(10)14(22)24-8-2/h7-8H2,1-6H3.